The van der Waals surface area contributed by atoms with Crippen molar-refractivity contribution in [3.8, 4) is 0 Å². The molecule has 5 heteroatoms. The van der Waals surface area contributed by atoms with Crippen LogP contribution in [0.3, 0.4) is 0 Å². The fourth-order valence-electron chi connectivity index (χ4n) is 2.67. The van der Waals surface area contributed by atoms with Crippen LogP contribution in [0.25, 0.3) is 0 Å². The van der Waals surface area contributed by atoms with Gasteiger partial charge in [0.2, 0.25) is 5.91 Å². The molecule has 0 aromatic carbocycles. The van der Waals surface area contributed by atoms with Crippen LogP contribution in [0.4, 0.5) is 0 Å². The number of aliphatic carboxylic acids is 1. The first-order valence-electron chi connectivity index (χ1n) is 6.65. The average Bonchev–Trinajstić information content (AvgIpc) is 2.92. The standard InChI is InChI=1S/C14H19NO3S/c1-9(10-6-7-19-8-10)15-13(16)11-4-2-3-5-12(11)14(17)18/h6-9,11-12H,2-5H2,1H3,(H,15,16)(H,17,18)/t9?,11-,12+/m1/s1. The second-order valence-electron chi connectivity index (χ2n) is 5.12. The highest BCUT2D eigenvalue weighted by Gasteiger charge is 2.36. The van der Waals surface area contributed by atoms with Crippen LogP contribution in [0.2, 0.25) is 0 Å². The van der Waals surface area contributed by atoms with Crippen LogP contribution in [-0.4, -0.2) is 17.0 Å². The lowest BCUT2D eigenvalue weighted by Gasteiger charge is -2.28. The lowest BCUT2D eigenvalue weighted by molar-refractivity contribution is -0.149. The minimum Gasteiger partial charge on any atom is -0.481 e. The van der Waals surface area contributed by atoms with Crippen molar-refractivity contribution in [3.05, 3.63) is 22.4 Å². The van der Waals surface area contributed by atoms with Gasteiger partial charge in [0.15, 0.2) is 0 Å². The van der Waals surface area contributed by atoms with Gasteiger partial charge in [0.05, 0.1) is 17.9 Å². The smallest absolute Gasteiger partial charge is 0.307 e. The van der Waals surface area contributed by atoms with Crippen LogP contribution in [0.1, 0.15) is 44.2 Å². The summed E-state index contributed by atoms with van der Waals surface area (Å²) in [5.74, 6) is -1.87. The molecular weight excluding hydrogens is 262 g/mol. The minimum atomic E-state index is -0.844. The largest absolute Gasteiger partial charge is 0.481 e. The highest BCUT2D eigenvalue weighted by Crippen LogP contribution is 2.31. The predicted octanol–water partition coefficient (Wildman–Crippen LogP) is 2.82. The quantitative estimate of drug-likeness (QED) is 0.891. The van der Waals surface area contributed by atoms with Crippen LogP contribution in [0.15, 0.2) is 16.8 Å². The van der Waals surface area contributed by atoms with E-state index in [1.54, 1.807) is 11.3 Å². The summed E-state index contributed by atoms with van der Waals surface area (Å²) in [6, 6.07) is 1.92. The molecule has 3 atom stereocenters. The van der Waals surface area contributed by atoms with Crippen LogP contribution >= 0.6 is 11.3 Å². The zero-order valence-electron chi connectivity index (χ0n) is 11.0. The molecule has 0 radical (unpaired) electrons. The van der Waals surface area contributed by atoms with Crippen LogP contribution in [0.5, 0.6) is 0 Å². The van der Waals surface area contributed by atoms with Crippen molar-refractivity contribution >= 4 is 23.2 Å². The third kappa shape index (κ3) is 3.35. The molecule has 1 saturated carbocycles. The lowest BCUT2D eigenvalue weighted by Crippen LogP contribution is -2.40. The van der Waals surface area contributed by atoms with Crippen LogP contribution < -0.4 is 5.32 Å². The molecule has 19 heavy (non-hydrogen) atoms. The van der Waals surface area contributed by atoms with Crippen molar-refractivity contribution in [2.75, 3.05) is 0 Å². The van der Waals surface area contributed by atoms with Gasteiger partial charge in [-0.05, 0) is 42.2 Å². The summed E-state index contributed by atoms with van der Waals surface area (Å²) in [7, 11) is 0. The number of hydrogen-bond donors (Lipinski definition) is 2. The molecule has 1 aromatic rings. The first kappa shape index (κ1) is 14.1. The van der Waals surface area contributed by atoms with Crippen LogP contribution in [0, 0.1) is 11.8 Å². The number of nitrogens with one attached hydrogen (secondary N) is 1. The highest BCUT2D eigenvalue weighted by atomic mass is 32.1. The third-order valence-corrected chi connectivity index (χ3v) is 4.52. The molecule has 104 valence electrons. The second kappa shape index (κ2) is 6.19. The molecule has 2 rings (SSSR count). The van der Waals surface area contributed by atoms with Gasteiger partial charge in [0, 0.05) is 0 Å². The van der Waals surface area contributed by atoms with E-state index in [2.05, 4.69) is 5.32 Å². The number of thiophene rings is 1. The summed E-state index contributed by atoms with van der Waals surface area (Å²) >= 11 is 1.59. The number of carbonyl (C=O) groups excluding carboxylic acids is 1. The van der Waals surface area contributed by atoms with E-state index in [1.807, 2.05) is 23.8 Å². The molecule has 1 aliphatic carbocycles. The van der Waals surface area contributed by atoms with Gasteiger partial charge in [-0.25, -0.2) is 0 Å². The van der Waals surface area contributed by atoms with Gasteiger partial charge in [0.25, 0.3) is 0 Å². The minimum absolute atomic E-state index is 0.0601. The van der Waals surface area contributed by atoms with E-state index >= 15 is 0 Å². The molecule has 1 aromatic heterocycles. The molecule has 1 amide bonds. The molecule has 1 heterocycles. The summed E-state index contributed by atoms with van der Waals surface area (Å²) in [5.41, 5.74) is 1.07. The molecule has 0 bridgehead atoms. The van der Waals surface area contributed by atoms with Gasteiger partial charge in [-0.15, -0.1) is 0 Å². The van der Waals surface area contributed by atoms with Crippen molar-refractivity contribution in [1.82, 2.24) is 5.32 Å². The van der Waals surface area contributed by atoms with E-state index in [0.29, 0.717) is 12.8 Å². The van der Waals surface area contributed by atoms with Crippen LogP contribution in [-0.2, 0) is 9.59 Å². The number of carbonyl (C=O) groups is 2. The summed E-state index contributed by atoms with van der Waals surface area (Å²) < 4.78 is 0. The Morgan fingerprint density at radius 3 is 2.63 bits per heavy atom. The molecule has 1 unspecified atom stereocenters. The van der Waals surface area contributed by atoms with E-state index < -0.39 is 11.9 Å². The molecule has 1 fully saturated rings. The summed E-state index contributed by atoms with van der Waals surface area (Å²) in [6.45, 7) is 1.93. The normalized spacial score (nSPS) is 24.7. The molecule has 4 nitrogen and oxygen atoms in total. The summed E-state index contributed by atoms with van der Waals surface area (Å²) in [6.07, 6.45) is 3.13. The topological polar surface area (TPSA) is 66.4 Å². The van der Waals surface area contributed by atoms with Crippen molar-refractivity contribution in [2.24, 2.45) is 11.8 Å². The Morgan fingerprint density at radius 2 is 2.05 bits per heavy atom. The number of amides is 1. The Kier molecular flexibility index (Phi) is 4.58. The van der Waals surface area contributed by atoms with Crippen molar-refractivity contribution in [3.63, 3.8) is 0 Å². The fourth-order valence-corrected chi connectivity index (χ4v) is 3.42. The lowest BCUT2D eigenvalue weighted by atomic mass is 9.78. The maximum atomic E-state index is 12.2. The third-order valence-electron chi connectivity index (χ3n) is 3.82. The molecule has 0 saturated heterocycles. The van der Waals surface area contributed by atoms with Crippen molar-refractivity contribution in [1.29, 1.82) is 0 Å². The molecule has 0 aliphatic heterocycles. The molecule has 2 N–H and O–H groups in total. The van der Waals surface area contributed by atoms with Gasteiger partial charge < -0.3 is 10.4 Å². The van der Waals surface area contributed by atoms with Crippen molar-refractivity contribution < 1.29 is 14.7 Å². The number of carboxylic acid groups (broad SMARTS) is 1. The first-order valence-corrected chi connectivity index (χ1v) is 7.59. The summed E-state index contributed by atoms with van der Waals surface area (Å²) in [4.78, 5) is 23.5. The number of rotatable bonds is 4. The Morgan fingerprint density at radius 1 is 1.37 bits per heavy atom. The summed E-state index contributed by atoms with van der Waals surface area (Å²) in [5, 5.41) is 16.1. The maximum absolute atomic E-state index is 12.2. The van der Waals surface area contributed by atoms with E-state index in [4.69, 9.17) is 0 Å². The number of hydrogen-bond acceptors (Lipinski definition) is 3. The first-order chi connectivity index (χ1) is 9.09. The Bertz CT molecular complexity index is 444. The second-order valence-corrected chi connectivity index (χ2v) is 5.90. The van der Waals surface area contributed by atoms with Gasteiger partial charge in [-0.1, -0.05) is 12.8 Å². The fraction of sp³-hybridized carbons (Fsp3) is 0.571. The maximum Gasteiger partial charge on any atom is 0.307 e. The predicted molar refractivity (Wildman–Crippen MR) is 74.0 cm³/mol. The van der Waals surface area contributed by atoms with Gasteiger partial charge in [-0.3, -0.25) is 9.59 Å². The zero-order valence-corrected chi connectivity index (χ0v) is 11.8. The Balaban J connectivity index is 2.00. The Labute approximate surface area is 116 Å². The van der Waals surface area contributed by atoms with Crippen molar-refractivity contribution in [2.45, 2.75) is 38.6 Å². The SMILES string of the molecule is CC(NC(=O)[C@@H]1CCCC[C@@H]1C(=O)O)c1ccsc1. The van der Waals surface area contributed by atoms with E-state index in [-0.39, 0.29) is 17.9 Å². The van der Waals surface area contributed by atoms with Gasteiger partial charge in [0.1, 0.15) is 0 Å². The average molecular weight is 281 g/mol. The van der Waals surface area contributed by atoms with E-state index in [9.17, 15) is 14.7 Å². The monoisotopic (exact) mass is 281 g/mol. The highest BCUT2D eigenvalue weighted by molar-refractivity contribution is 7.07. The van der Waals surface area contributed by atoms with Gasteiger partial charge >= 0.3 is 5.97 Å². The Hall–Kier alpha value is -1.36. The van der Waals surface area contributed by atoms with E-state index in [0.717, 1.165) is 18.4 Å². The number of carboxylic acids is 1. The van der Waals surface area contributed by atoms with Gasteiger partial charge in [-0.2, -0.15) is 11.3 Å². The zero-order chi connectivity index (χ0) is 13.8. The molecule has 1 aliphatic rings. The molecule has 0 spiro atoms. The molecular formula is C14H19NO3S. The van der Waals surface area contributed by atoms with E-state index in [1.165, 1.54) is 0 Å².